The van der Waals surface area contributed by atoms with Crippen molar-refractivity contribution in [1.82, 2.24) is 0 Å². The molecule has 0 saturated heterocycles. The van der Waals surface area contributed by atoms with Crippen LogP contribution in [-0.2, 0) is 9.53 Å². The number of alkyl halides is 1. The molecule has 2 unspecified atom stereocenters. The van der Waals surface area contributed by atoms with E-state index in [0.29, 0.717) is 12.3 Å². The number of carbonyl (C=O) groups is 1. The second-order valence-electron chi connectivity index (χ2n) is 3.15. The minimum atomic E-state index is -0.808. The Bertz CT molecular complexity index is 168. The summed E-state index contributed by atoms with van der Waals surface area (Å²) in [6, 6.07) is 0. The molecule has 1 fully saturated rings. The average Bonchev–Trinajstić information content (AvgIpc) is 2.82. The van der Waals surface area contributed by atoms with Gasteiger partial charge in [-0.3, -0.25) is 4.79 Å². The third kappa shape index (κ3) is 2.75. The van der Waals surface area contributed by atoms with Gasteiger partial charge < -0.3 is 9.84 Å². The molecule has 1 saturated carbocycles. The van der Waals surface area contributed by atoms with Crippen LogP contribution in [0.1, 0.15) is 19.3 Å². The molecule has 0 heterocycles. The molecule has 1 rings (SSSR count). The van der Waals surface area contributed by atoms with Gasteiger partial charge in [0.1, 0.15) is 4.83 Å². The first-order valence-electron chi connectivity index (χ1n) is 4.04. The van der Waals surface area contributed by atoms with E-state index in [2.05, 4.69) is 15.9 Å². The SMILES string of the molecule is COC(CC(Br)C(=O)O)C1CC1. The van der Waals surface area contributed by atoms with Crippen molar-refractivity contribution in [3.05, 3.63) is 0 Å². The van der Waals surface area contributed by atoms with E-state index in [1.54, 1.807) is 7.11 Å². The van der Waals surface area contributed by atoms with E-state index in [4.69, 9.17) is 9.84 Å². The molecule has 0 aliphatic heterocycles. The molecule has 1 aliphatic carbocycles. The predicted molar refractivity (Wildman–Crippen MR) is 48.5 cm³/mol. The Labute approximate surface area is 80.2 Å². The fourth-order valence-electron chi connectivity index (χ4n) is 1.25. The summed E-state index contributed by atoms with van der Waals surface area (Å²) >= 11 is 3.10. The highest BCUT2D eigenvalue weighted by atomic mass is 79.9. The van der Waals surface area contributed by atoms with Crippen LogP contribution in [-0.4, -0.2) is 29.1 Å². The van der Waals surface area contributed by atoms with Crippen molar-refractivity contribution < 1.29 is 14.6 Å². The molecule has 3 nitrogen and oxygen atoms in total. The lowest BCUT2D eigenvalue weighted by Gasteiger charge is -2.15. The van der Waals surface area contributed by atoms with Crippen LogP contribution < -0.4 is 0 Å². The normalized spacial score (nSPS) is 21.8. The summed E-state index contributed by atoms with van der Waals surface area (Å²) in [6.07, 6.45) is 3.04. The summed E-state index contributed by atoms with van der Waals surface area (Å²) < 4.78 is 5.20. The van der Waals surface area contributed by atoms with Gasteiger partial charge in [0, 0.05) is 7.11 Å². The molecule has 0 spiro atoms. The molecule has 0 aromatic carbocycles. The molecule has 0 bridgehead atoms. The van der Waals surface area contributed by atoms with E-state index < -0.39 is 10.8 Å². The molecule has 0 radical (unpaired) electrons. The number of hydrogen-bond acceptors (Lipinski definition) is 2. The second kappa shape index (κ2) is 4.23. The first kappa shape index (κ1) is 9.99. The predicted octanol–water partition coefficient (Wildman–Crippen LogP) is 1.65. The Balaban J connectivity index is 2.30. The topological polar surface area (TPSA) is 46.5 Å². The van der Waals surface area contributed by atoms with Crippen LogP contribution >= 0.6 is 15.9 Å². The lowest BCUT2D eigenvalue weighted by molar-refractivity contribution is -0.136. The van der Waals surface area contributed by atoms with Gasteiger partial charge in [0.25, 0.3) is 0 Å². The number of hydrogen-bond donors (Lipinski definition) is 1. The molecule has 0 aromatic rings. The number of aliphatic carboxylic acids is 1. The summed E-state index contributed by atoms with van der Waals surface area (Å²) in [6.45, 7) is 0. The summed E-state index contributed by atoms with van der Waals surface area (Å²) in [5.74, 6) is -0.216. The number of carboxylic acids is 1. The number of rotatable bonds is 5. The number of halogens is 1. The maximum atomic E-state index is 10.5. The maximum Gasteiger partial charge on any atom is 0.317 e. The molecular weight excluding hydrogens is 224 g/mol. The van der Waals surface area contributed by atoms with Crippen LogP contribution in [0, 0.1) is 5.92 Å². The van der Waals surface area contributed by atoms with Gasteiger partial charge in [-0.1, -0.05) is 15.9 Å². The van der Waals surface area contributed by atoms with E-state index in [1.807, 2.05) is 0 Å². The summed E-state index contributed by atoms with van der Waals surface area (Å²) in [5, 5.41) is 8.63. The average molecular weight is 237 g/mol. The van der Waals surface area contributed by atoms with E-state index in [9.17, 15) is 4.79 Å². The standard InChI is InChI=1S/C8H13BrO3/c1-12-7(5-2-3-5)4-6(9)8(10)11/h5-7H,2-4H2,1H3,(H,10,11). The van der Waals surface area contributed by atoms with E-state index in [1.165, 1.54) is 12.8 Å². The fourth-order valence-corrected chi connectivity index (χ4v) is 1.62. The number of ether oxygens (including phenoxy) is 1. The first-order chi connectivity index (χ1) is 5.65. The van der Waals surface area contributed by atoms with Gasteiger partial charge in [-0.25, -0.2) is 0 Å². The molecule has 0 aromatic heterocycles. The quantitative estimate of drug-likeness (QED) is 0.739. The van der Waals surface area contributed by atoms with Crippen LogP contribution in [0.4, 0.5) is 0 Å². The summed E-state index contributed by atoms with van der Waals surface area (Å²) in [5.41, 5.74) is 0. The minimum Gasteiger partial charge on any atom is -0.480 e. The molecule has 12 heavy (non-hydrogen) atoms. The van der Waals surface area contributed by atoms with Crippen molar-refractivity contribution in [2.24, 2.45) is 5.92 Å². The van der Waals surface area contributed by atoms with Crippen molar-refractivity contribution in [1.29, 1.82) is 0 Å². The molecule has 2 atom stereocenters. The Morgan fingerprint density at radius 1 is 1.75 bits per heavy atom. The lowest BCUT2D eigenvalue weighted by Crippen LogP contribution is -2.23. The van der Waals surface area contributed by atoms with Crippen molar-refractivity contribution >= 4 is 21.9 Å². The number of methoxy groups -OCH3 is 1. The monoisotopic (exact) mass is 236 g/mol. The first-order valence-corrected chi connectivity index (χ1v) is 4.96. The Hall–Kier alpha value is -0.0900. The molecule has 1 N–H and O–H groups in total. The summed E-state index contributed by atoms with van der Waals surface area (Å²) in [4.78, 5) is 10.0. The van der Waals surface area contributed by atoms with Gasteiger partial charge in [0.2, 0.25) is 0 Å². The molecule has 0 amide bonds. The third-order valence-corrected chi connectivity index (χ3v) is 2.92. The maximum absolute atomic E-state index is 10.5. The zero-order valence-electron chi connectivity index (χ0n) is 7.00. The van der Waals surface area contributed by atoms with Crippen LogP contribution in [0.3, 0.4) is 0 Å². The summed E-state index contributed by atoms with van der Waals surface area (Å²) in [7, 11) is 1.64. The van der Waals surface area contributed by atoms with Crippen LogP contribution in [0.15, 0.2) is 0 Å². The lowest BCUT2D eigenvalue weighted by atomic mass is 10.1. The van der Waals surface area contributed by atoms with E-state index in [0.717, 1.165) is 0 Å². The Morgan fingerprint density at radius 3 is 2.67 bits per heavy atom. The van der Waals surface area contributed by atoms with Crippen LogP contribution in [0.5, 0.6) is 0 Å². The van der Waals surface area contributed by atoms with Crippen molar-refractivity contribution in [2.75, 3.05) is 7.11 Å². The molecule has 4 heteroatoms. The van der Waals surface area contributed by atoms with Crippen LogP contribution in [0.2, 0.25) is 0 Å². The van der Waals surface area contributed by atoms with Gasteiger partial charge in [0.15, 0.2) is 0 Å². The second-order valence-corrected chi connectivity index (χ2v) is 4.26. The zero-order chi connectivity index (χ0) is 9.14. The number of carboxylic acid groups (broad SMARTS) is 1. The van der Waals surface area contributed by atoms with Crippen molar-refractivity contribution in [2.45, 2.75) is 30.2 Å². The Kier molecular flexibility index (Phi) is 3.53. The minimum absolute atomic E-state index is 0.116. The molecule has 1 aliphatic rings. The smallest absolute Gasteiger partial charge is 0.317 e. The molecule has 70 valence electrons. The van der Waals surface area contributed by atoms with Crippen molar-refractivity contribution in [3.8, 4) is 0 Å². The van der Waals surface area contributed by atoms with Crippen LogP contribution in [0.25, 0.3) is 0 Å². The fraction of sp³-hybridized carbons (Fsp3) is 0.875. The highest BCUT2D eigenvalue weighted by Crippen LogP contribution is 2.36. The van der Waals surface area contributed by atoms with E-state index >= 15 is 0 Å². The van der Waals surface area contributed by atoms with Gasteiger partial charge in [-0.15, -0.1) is 0 Å². The third-order valence-electron chi connectivity index (χ3n) is 2.16. The van der Waals surface area contributed by atoms with Crippen molar-refractivity contribution in [3.63, 3.8) is 0 Å². The Morgan fingerprint density at radius 2 is 2.33 bits per heavy atom. The van der Waals surface area contributed by atoms with Gasteiger partial charge >= 0.3 is 5.97 Å². The highest BCUT2D eigenvalue weighted by Gasteiger charge is 2.33. The largest absolute Gasteiger partial charge is 0.480 e. The van der Waals surface area contributed by atoms with Gasteiger partial charge in [-0.2, -0.15) is 0 Å². The highest BCUT2D eigenvalue weighted by molar-refractivity contribution is 9.10. The van der Waals surface area contributed by atoms with E-state index in [-0.39, 0.29) is 6.10 Å². The zero-order valence-corrected chi connectivity index (χ0v) is 8.58. The molecular formula is C8H13BrO3. The van der Waals surface area contributed by atoms with Gasteiger partial charge in [-0.05, 0) is 25.2 Å². The van der Waals surface area contributed by atoms with Gasteiger partial charge in [0.05, 0.1) is 6.10 Å².